The van der Waals surface area contributed by atoms with Crippen LogP contribution in [0.15, 0.2) is 36.5 Å². The van der Waals surface area contributed by atoms with Crippen molar-refractivity contribution in [1.29, 1.82) is 0 Å². The molecular formula is C10H16. The summed E-state index contributed by atoms with van der Waals surface area (Å²) in [7, 11) is 0. The molecule has 0 unspecified atom stereocenters. The van der Waals surface area contributed by atoms with Crippen molar-refractivity contribution in [3.05, 3.63) is 36.5 Å². The molecule has 0 heteroatoms. The van der Waals surface area contributed by atoms with Gasteiger partial charge in [-0.25, -0.2) is 0 Å². The summed E-state index contributed by atoms with van der Waals surface area (Å²) in [4.78, 5) is 0. The Morgan fingerprint density at radius 1 is 1.40 bits per heavy atom. The van der Waals surface area contributed by atoms with E-state index in [1.54, 1.807) is 0 Å². The van der Waals surface area contributed by atoms with E-state index in [1.165, 1.54) is 6.42 Å². The topological polar surface area (TPSA) is 0 Å². The van der Waals surface area contributed by atoms with Crippen LogP contribution in [0.3, 0.4) is 0 Å². The zero-order valence-electron chi connectivity index (χ0n) is 6.93. The van der Waals surface area contributed by atoms with Crippen LogP contribution < -0.4 is 0 Å². The van der Waals surface area contributed by atoms with Gasteiger partial charge in [-0.15, -0.1) is 0 Å². The molecule has 0 aromatic rings. The van der Waals surface area contributed by atoms with Gasteiger partial charge in [0.05, 0.1) is 0 Å². The molecule has 0 saturated heterocycles. The molecule has 0 atom stereocenters. The third-order valence-corrected chi connectivity index (χ3v) is 1.17. The van der Waals surface area contributed by atoms with Crippen molar-refractivity contribution in [1.82, 2.24) is 0 Å². The van der Waals surface area contributed by atoms with Crippen LogP contribution in [0.2, 0.25) is 0 Å². The molecule has 0 spiro atoms. The predicted octanol–water partition coefficient (Wildman–Crippen LogP) is 3.48. The summed E-state index contributed by atoms with van der Waals surface area (Å²) >= 11 is 0. The average molecular weight is 136 g/mol. The first-order chi connectivity index (χ1) is 4.81. The summed E-state index contributed by atoms with van der Waals surface area (Å²) in [5.41, 5.74) is 1.08. The van der Waals surface area contributed by atoms with Gasteiger partial charge in [0.2, 0.25) is 0 Å². The zero-order chi connectivity index (χ0) is 7.82. The Morgan fingerprint density at radius 3 is 2.60 bits per heavy atom. The molecular weight excluding hydrogens is 120 g/mol. The van der Waals surface area contributed by atoms with Crippen LogP contribution in [0.25, 0.3) is 0 Å². The zero-order valence-corrected chi connectivity index (χ0v) is 6.93. The third-order valence-electron chi connectivity index (χ3n) is 1.17. The lowest BCUT2D eigenvalue weighted by atomic mass is 10.2. The molecule has 0 aliphatic carbocycles. The lowest BCUT2D eigenvalue weighted by molar-refractivity contribution is 0.958. The molecule has 0 bridgehead atoms. The number of unbranched alkanes of at least 4 members (excludes halogenated alkanes) is 1. The highest BCUT2D eigenvalue weighted by atomic mass is 13.8. The minimum atomic E-state index is 1.08. The number of rotatable bonds is 4. The van der Waals surface area contributed by atoms with Crippen molar-refractivity contribution >= 4 is 0 Å². The van der Waals surface area contributed by atoms with E-state index in [-0.39, 0.29) is 0 Å². The number of allylic oxidation sites excluding steroid dienone is 5. The fourth-order valence-corrected chi connectivity index (χ4v) is 0.671. The average Bonchev–Trinajstić information content (AvgIpc) is 1.89. The molecule has 0 nitrogen and oxygen atoms in total. The second-order valence-electron chi connectivity index (χ2n) is 2.27. The highest BCUT2D eigenvalue weighted by Crippen LogP contribution is 1.97. The van der Waals surface area contributed by atoms with Gasteiger partial charge in [-0.05, 0) is 18.9 Å². The van der Waals surface area contributed by atoms with Crippen molar-refractivity contribution in [3.8, 4) is 0 Å². The van der Waals surface area contributed by atoms with Crippen LogP contribution in [0, 0.1) is 0 Å². The van der Waals surface area contributed by atoms with E-state index in [0.29, 0.717) is 0 Å². The molecule has 0 aromatic carbocycles. The largest absolute Gasteiger partial charge is 0.0918 e. The van der Waals surface area contributed by atoms with Crippen LogP contribution >= 0.6 is 0 Å². The number of hydrogen-bond donors (Lipinski definition) is 0. The molecule has 10 heavy (non-hydrogen) atoms. The molecule has 0 aliphatic rings. The maximum Gasteiger partial charge on any atom is -0.0335 e. The van der Waals surface area contributed by atoms with Gasteiger partial charge in [-0.2, -0.15) is 0 Å². The Kier molecular flexibility index (Phi) is 5.85. The second-order valence-corrected chi connectivity index (χ2v) is 2.27. The highest BCUT2D eigenvalue weighted by molar-refractivity contribution is 5.26. The fraction of sp³-hybridized carbons (Fsp3) is 0.400. The van der Waals surface area contributed by atoms with Crippen molar-refractivity contribution in [2.24, 2.45) is 0 Å². The lowest BCUT2D eigenvalue weighted by Gasteiger charge is -1.87. The number of hydrogen-bond acceptors (Lipinski definition) is 0. The summed E-state index contributed by atoms with van der Waals surface area (Å²) in [5, 5.41) is 0. The van der Waals surface area contributed by atoms with Gasteiger partial charge in [0.15, 0.2) is 0 Å². The molecule has 0 amide bonds. The van der Waals surface area contributed by atoms with E-state index < -0.39 is 0 Å². The molecule has 0 heterocycles. The standard InChI is InChI=1S/C10H16/c1-4-6-7-9-10(3)8-5-2/h5,7-9H,3-4,6H2,1-2H3/b8-5-,9-7+. The third kappa shape index (κ3) is 5.36. The fourth-order valence-electron chi connectivity index (χ4n) is 0.671. The minimum absolute atomic E-state index is 1.08. The van der Waals surface area contributed by atoms with Gasteiger partial charge in [0, 0.05) is 0 Å². The first kappa shape index (κ1) is 9.22. The Hall–Kier alpha value is -0.780. The molecule has 0 N–H and O–H groups in total. The van der Waals surface area contributed by atoms with Gasteiger partial charge in [0.25, 0.3) is 0 Å². The van der Waals surface area contributed by atoms with E-state index >= 15 is 0 Å². The van der Waals surface area contributed by atoms with Crippen LogP contribution in [0.1, 0.15) is 26.7 Å². The second kappa shape index (κ2) is 6.34. The molecule has 0 fully saturated rings. The van der Waals surface area contributed by atoms with Crippen LogP contribution in [0.4, 0.5) is 0 Å². The van der Waals surface area contributed by atoms with E-state index in [2.05, 4.69) is 25.7 Å². The first-order valence-corrected chi connectivity index (χ1v) is 3.79. The Bertz CT molecular complexity index is 138. The summed E-state index contributed by atoms with van der Waals surface area (Å²) in [6.45, 7) is 8.01. The first-order valence-electron chi connectivity index (χ1n) is 3.79. The van der Waals surface area contributed by atoms with E-state index in [9.17, 15) is 0 Å². The minimum Gasteiger partial charge on any atom is -0.0918 e. The van der Waals surface area contributed by atoms with Crippen molar-refractivity contribution in [3.63, 3.8) is 0 Å². The van der Waals surface area contributed by atoms with Crippen molar-refractivity contribution in [2.45, 2.75) is 26.7 Å². The van der Waals surface area contributed by atoms with Crippen LogP contribution in [0.5, 0.6) is 0 Å². The van der Waals surface area contributed by atoms with Crippen molar-refractivity contribution < 1.29 is 0 Å². The van der Waals surface area contributed by atoms with E-state index in [4.69, 9.17) is 0 Å². The highest BCUT2D eigenvalue weighted by Gasteiger charge is 1.76. The SMILES string of the molecule is C=C(/C=C\C)/C=C/CCC. The molecule has 0 rings (SSSR count). The van der Waals surface area contributed by atoms with E-state index in [1.807, 2.05) is 19.1 Å². The molecule has 0 aliphatic heterocycles. The van der Waals surface area contributed by atoms with Gasteiger partial charge in [-0.1, -0.05) is 44.2 Å². The lowest BCUT2D eigenvalue weighted by Crippen LogP contribution is -1.66. The summed E-state index contributed by atoms with van der Waals surface area (Å²) < 4.78 is 0. The summed E-state index contributed by atoms with van der Waals surface area (Å²) in [5.74, 6) is 0. The van der Waals surface area contributed by atoms with Gasteiger partial charge < -0.3 is 0 Å². The van der Waals surface area contributed by atoms with Crippen LogP contribution in [-0.2, 0) is 0 Å². The predicted molar refractivity (Wildman–Crippen MR) is 48.0 cm³/mol. The quantitative estimate of drug-likeness (QED) is 0.519. The normalized spacial score (nSPS) is 11.4. The van der Waals surface area contributed by atoms with Crippen LogP contribution in [-0.4, -0.2) is 0 Å². The molecule has 0 aromatic heterocycles. The summed E-state index contributed by atoms with van der Waals surface area (Å²) in [6.07, 6.45) is 10.6. The van der Waals surface area contributed by atoms with Gasteiger partial charge in [-0.3, -0.25) is 0 Å². The monoisotopic (exact) mass is 136 g/mol. The Labute approximate surface area is 64.0 Å². The molecule has 56 valence electrons. The van der Waals surface area contributed by atoms with Crippen molar-refractivity contribution in [2.75, 3.05) is 0 Å². The molecule has 0 radical (unpaired) electrons. The van der Waals surface area contributed by atoms with Gasteiger partial charge in [0.1, 0.15) is 0 Å². The van der Waals surface area contributed by atoms with Gasteiger partial charge >= 0.3 is 0 Å². The maximum atomic E-state index is 3.84. The Balaban J connectivity index is 3.56. The smallest absolute Gasteiger partial charge is 0.0335 e. The summed E-state index contributed by atoms with van der Waals surface area (Å²) in [6, 6.07) is 0. The maximum absolute atomic E-state index is 3.84. The molecule has 0 saturated carbocycles. The Morgan fingerprint density at radius 2 is 2.10 bits per heavy atom. The van der Waals surface area contributed by atoms with E-state index in [0.717, 1.165) is 12.0 Å².